The molecule has 5 heteroatoms. The lowest BCUT2D eigenvalue weighted by atomic mass is 9.92. The van der Waals surface area contributed by atoms with Crippen molar-refractivity contribution < 1.29 is 9.53 Å². The number of para-hydroxylation sites is 2. The fraction of sp³-hybridized carbons (Fsp3) is 0.160. The number of anilines is 1. The van der Waals surface area contributed by atoms with Crippen LogP contribution in [0.2, 0.25) is 0 Å². The zero-order chi connectivity index (χ0) is 20.5. The quantitative estimate of drug-likeness (QED) is 0.489. The molecule has 0 spiro atoms. The standard InChI is InChI=1S/C25H23N3O2/c1-30-19-13-11-17(12-14-19)24-23-21(20-9-5-6-10-22(20)27-23)15-16-28(24)25(29)26-18-7-3-2-4-8-18/h2-14,24,27H,15-16H2,1H3,(H,26,29)/t24-/m1/s1. The number of ether oxygens (including phenoxy) is 1. The molecule has 0 radical (unpaired) electrons. The first-order valence-electron chi connectivity index (χ1n) is 10.1. The van der Waals surface area contributed by atoms with Crippen molar-refractivity contribution in [1.82, 2.24) is 9.88 Å². The summed E-state index contributed by atoms with van der Waals surface area (Å²) in [5, 5.41) is 4.28. The summed E-state index contributed by atoms with van der Waals surface area (Å²) in [6, 6.07) is 25.6. The predicted octanol–water partition coefficient (Wildman–Crippen LogP) is 5.36. The molecule has 30 heavy (non-hydrogen) atoms. The molecule has 0 unspecified atom stereocenters. The zero-order valence-corrected chi connectivity index (χ0v) is 16.8. The fourth-order valence-corrected chi connectivity index (χ4v) is 4.31. The number of nitrogens with zero attached hydrogens (tertiary/aromatic N) is 1. The van der Waals surface area contributed by atoms with Crippen LogP contribution in [0, 0.1) is 0 Å². The molecule has 4 aromatic rings. The molecule has 0 saturated carbocycles. The van der Waals surface area contributed by atoms with Crippen LogP contribution in [-0.4, -0.2) is 29.6 Å². The summed E-state index contributed by atoms with van der Waals surface area (Å²) in [6.07, 6.45) is 0.814. The van der Waals surface area contributed by atoms with Gasteiger partial charge in [-0.15, -0.1) is 0 Å². The third kappa shape index (κ3) is 3.18. The van der Waals surface area contributed by atoms with Crippen LogP contribution < -0.4 is 10.1 Å². The highest BCUT2D eigenvalue weighted by Crippen LogP contribution is 2.39. The van der Waals surface area contributed by atoms with Gasteiger partial charge in [0.15, 0.2) is 0 Å². The van der Waals surface area contributed by atoms with E-state index in [9.17, 15) is 4.79 Å². The van der Waals surface area contributed by atoms with Crippen molar-refractivity contribution in [3.8, 4) is 5.75 Å². The van der Waals surface area contributed by atoms with E-state index in [1.165, 1.54) is 10.9 Å². The molecule has 0 saturated heterocycles. The highest BCUT2D eigenvalue weighted by Gasteiger charge is 2.34. The van der Waals surface area contributed by atoms with Gasteiger partial charge in [-0.3, -0.25) is 0 Å². The maximum atomic E-state index is 13.3. The van der Waals surface area contributed by atoms with Gasteiger partial charge in [-0.25, -0.2) is 4.79 Å². The van der Waals surface area contributed by atoms with Crippen LogP contribution >= 0.6 is 0 Å². The molecule has 1 atom stereocenters. The molecule has 0 aliphatic carbocycles. The highest BCUT2D eigenvalue weighted by atomic mass is 16.5. The molecule has 2 amide bonds. The normalized spacial score (nSPS) is 15.6. The lowest BCUT2D eigenvalue weighted by Gasteiger charge is -2.36. The number of hydrogen-bond donors (Lipinski definition) is 2. The van der Waals surface area contributed by atoms with Crippen molar-refractivity contribution in [3.63, 3.8) is 0 Å². The smallest absolute Gasteiger partial charge is 0.322 e. The summed E-state index contributed by atoms with van der Waals surface area (Å²) in [4.78, 5) is 18.8. The number of benzene rings is 3. The molecule has 1 aliphatic rings. The Balaban J connectivity index is 1.58. The van der Waals surface area contributed by atoms with Gasteiger partial charge in [0, 0.05) is 28.8 Å². The van der Waals surface area contributed by atoms with Crippen molar-refractivity contribution in [1.29, 1.82) is 0 Å². The number of nitrogens with one attached hydrogen (secondary N) is 2. The van der Waals surface area contributed by atoms with Crippen LogP contribution in [0.25, 0.3) is 10.9 Å². The number of H-pyrrole nitrogens is 1. The Morgan fingerprint density at radius 2 is 1.73 bits per heavy atom. The number of aromatic nitrogens is 1. The van der Waals surface area contributed by atoms with Crippen LogP contribution in [0.4, 0.5) is 10.5 Å². The van der Waals surface area contributed by atoms with Crippen molar-refractivity contribution in [2.45, 2.75) is 12.5 Å². The van der Waals surface area contributed by atoms with Crippen LogP contribution in [0.15, 0.2) is 78.9 Å². The Kier molecular flexibility index (Phi) is 4.64. The zero-order valence-electron chi connectivity index (χ0n) is 16.8. The number of amides is 2. The van der Waals surface area contributed by atoms with Gasteiger partial charge >= 0.3 is 6.03 Å². The number of carbonyl (C=O) groups is 1. The Morgan fingerprint density at radius 1 is 1.00 bits per heavy atom. The number of aromatic amines is 1. The SMILES string of the molecule is COc1ccc([C@@H]2c3[nH]c4ccccc4c3CCN2C(=O)Nc2ccccc2)cc1. The molecule has 5 rings (SSSR count). The highest BCUT2D eigenvalue weighted by molar-refractivity contribution is 5.91. The third-order valence-corrected chi connectivity index (χ3v) is 5.75. The second-order valence-electron chi connectivity index (χ2n) is 7.48. The number of rotatable bonds is 3. The number of urea groups is 1. The van der Waals surface area contributed by atoms with Crippen molar-refractivity contribution in [2.75, 3.05) is 19.0 Å². The van der Waals surface area contributed by atoms with Crippen LogP contribution in [-0.2, 0) is 6.42 Å². The van der Waals surface area contributed by atoms with E-state index in [4.69, 9.17) is 4.74 Å². The Morgan fingerprint density at radius 3 is 2.50 bits per heavy atom. The average molecular weight is 397 g/mol. The van der Waals surface area contributed by atoms with E-state index in [2.05, 4.69) is 28.5 Å². The van der Waals surface area contributed by atoms with Crippen LogP contribution in [0.5, 0.6) is 5.75 Å². The lowest BCUT2D eigenvalue weighted by Crippen LogP contribution is -2.43. The summed E-state index contributed by atoms with van der Waals surface area (Å²) >= 11 is 0. The molecule has 5 nitrogen and oxygen atoms in total. The van der Waals surface area contributed by atoms with E-state index in [1.54, 1.807) is 7.11 Å². The maximum absolute atomic E-state index is 13.3. The number of methoxy groups -OCH3 is 1. The van der Waals surface area contributed by atoms with Gasteiger partial charge in [-0.2, -0.15) is 0 Å². The predicted molar refractivity (Wildman–Crippen MR) is 119 cm³/mol. The summed E-state index contributed by atoms with van der Waals surface area (Å²) < 4.78 is 5.33. The minimum Gasteiger partial charge on any atom is -0.497 e. The fourth-order valence-electron chi connectivity index (χ4n) is 4.31. The minimum absolute atomic E-state index is 0.105. The molecule has 1 aromatic heterocycles. The maximum Gasteiger partial charge on any atom is 0.322 e. The van der Waals surface area contributed by atoms with Gasteiger partial charge < -0.3 is 19.9 Å². The third-order valence-electron chi connectivity index (χ3n) is 5.75. The molecular formula is C25H23N3O2. The van der Waals surface area contributed by atoms with Crippen LogP contribution in [0.1, 0.15) is 22.9 Å². The Bertz CT molecular complexity index is 1180. The molecule has 0 bridgehead atoms. The Hall–Kier alpha value is -3.73. The van der Waals surface area contributed by atoms with Crippen molar-refractivity contribution >= 4 is 22.6 Å². The van der Waals surface area contributed by atoms with Crippen molar-refractivity contribution in [2.24, 2.45) is 0 Å². The minimum atomic E-state index is -0.198. The topological polar surface area (TPSA) is 57.4 Å². The number of fused-ring (bicyclic) bond motifs is 3. The van der Waals surface area contributed by atoms with E-state index in [1.807, 2.05) is 65.6 Å². The molecule has 150 valence electrons. The van der Waals surface area contributed by atoms with Gasteiger partial charge in [0.05, 0.1) is 13.2 Å². The molecule has 3 aromatic carbocycles. The number of hydrogen-bond acceptors (Lipinski definition) is 2. The van der Waals surface area contributed by atoms with Gasteiger partial charge in [-0.05, 0) is 47.9 Å². The van der Waals surface area contributed by atoms with E-state index < -0.39 is 0 Å². The molecule has 0 fully saturated rings. The summed E-state index contributed by atoms with van der Waals surface area (Å²) in [7, 11) is 1.66. The van der Waals surface area contributed by atoms with Gasteiger partial charge in [0.2, 0.25) is 0 Å². The average Bonchev–Trinajstić information content (AvgIpc) is 3.18. The van der Waals surface area contributed by atoms with Gasteiger partial charge in [0.25, 0.3) is 0 Å². The van der Waals surface area contributed by atoms with E-state index >= 15 is 0 Å². The first kappa shape index (κ1) is 18.3. The summed E-state index contributed by atoms with van der Waals surface area (Å²) in [5.74, 6) is 0.798. The van der Waals surface area contributed by atoms with Crippen molar-refractivity contribution in [3.05, 3.63) is 95.7 Å². The largest absolute Gasteiger partial charge is 0.497 e. The second kappa shape index (κ2) is 7.59. The van der Waals surface area contributed by atoms with Gasteiger partial charge in [-0.1, -0.05) is 48.5 Å². The lowest BCUT2D eigenvalue weighted by molar-refractivity contribution is 0.193. The van der Waals surface area contributed by atoms with E-state index in [0.717, 1.165) is 34.6 Å². The van der Waals surface area contributed by atoms with Crippen LogP contribution in [0.3, 0.4) is 0 Å². The molecule has 1 aliphatic heterocycles. The number of carbonyl (C=O) groups excluding carboxylic acids is 1. The summed E-state index contributed by atoms with van der Waals surface area (Å²) in [6.45, 7) is 0.643. The Labute approximate surface area is 175 Å². The molecule has 2 heterocycles. The molecular weight excluding hydrogens is 374 g/mol. The van der Waals surface area contributed by atoms with Gasteiger partial charge in [0.1, 0.15) is 5.75 Å². The monoisotopic (exact) mass is 397 g/mol. The second-order valence-corrected chi connectivity index (χ2v) is 7.48. The van der Waals surface area contributed by atoms with E-state index in [0.29, 0.717) is 6.54 Å². The molecule has 2 N–H and O–H groups in total. The summed E-state index contributed by atoms with van der Waals surface area (Å²) in [5.41, 5.74) is 5.31. The van der Waals surface area contributed by atoms with E-state index in [-0.39, 0.29) is 12.1 Å². The first-order chi connectivity index (χ1) is 14.7. The first-order valence-corrected chi connectivity index (χ1v) is 10.1.